The summed E-state index contributed by atoms with van der Waals surface area (Å²) in [4.78, 5) is 17.2. The molecule has 0 spiro atoms. The normalized spacial score (nSPS) is 22.5. The first kappa shape index (κ1) is 16.3. The summed E-state index contributed by atoms with van der Waals surface area (Å²) < 4.78 is 0. The van der Waals surface area contributed by atoms with Gasteiger partial charge in [0.2, 0.25) is 5.91 Å². The van der Waals surface area contributed by atoms with E-state index in [9.17, 15) is 4.79 Å². The molecule has 0 unspecified atom stereocenters. The molecule has 0 aromatic heterocycles. The van der Waals surface area contributed by atoms with Gasteiger partial charge >= 0.3 is 0 Å². The Hall–Kier alpha value is -2.13. The van der Waals surface area contributed by atoms with E-state index in [2.05, 4.69) is 64.4 Å². The van der Waals surface area contributed by atoms with Gasteiger partial charge in [-0.25, -0.2) is 0 Å². The number of carbonyl (C=O) groups is 1. The predicted octanol–water partition coefficient (Wildman–Crippen LogP) is 3.84. The molecule has 3 heteroatoms. The molecule has 2 heterocycles. The second kappa shape index (κ2) is 7.01. The van der Waals surface area contributed by atoms with E-state index in [-0.39, 0.29) is 5.91 Å². The van der Waals surface area contributed by atoms with Crippen LogP contribution >= 0.6 is 0 Å². The first-order valence-electron chi connectivity index (χ1n) is 9.45. The van der Waals surface area contributed by atoms with Crippen molar-refractivity contribution >= 4 is 11.6 Å². The fourth-order valence-electron chi connectivity index (χ4n) is 4.45. The largest absolute Gasteiger partial charge is 0.308 e. The summed E-state index contributed by atoms with van der Waals surface area (Å²) in [6, 6.07) is 19.6. The number of fused-ring (bicyclic) bond motifs is 3. The molecule has 2 aliphatic heterocycles. The zero-order valence-corrected chi connectivity index (χ0v) is 14.9. The average Bonchev–Trinajstić information content (AvgIpc) is 3.00. The highest BCUT2D eigenvalue weighted by Crippen LogP contribution is 2.44. The second-order valence-corrected chi connectivity index (χ2v) is 7.17. The number of benzene rings is 2. The number of amides is 1. The minimum Gasteiger partial charge on any atom is -0.308 e. The molecule has 1 amide bonds. The van der Waals surface area contributed by atoms with Gasteiger partial charge in [-0.1, -0.05) is 55.5 Å². The zero-order chi connectivity index (χ0) is 17.2. The fourth-order valence-corrected chi connectivity index (χ4v) is 4.45. The Balaban J connectivity index is 1.50. The second-order valence-electron chi connectivity index (χ2n) is 7.17. The molecule has 2 atom stereocenters. The summed E-state index contributed by atoms with van der Waals surface area (Å²) >= 11 is 0. The third kappa shape index (κ3) is 3.09. The molecule has 2 aliphatic rings. The lowest BCUT2D eigenvalue weighted by molar-refractivity contribution is -0.118. The number of nitrogens with zero attached hydrogens (tertiary/aromatic N) is 2. The topological polar surface area (TPSA) is 23.6 Å². The van der Waals surface area contributed by atoms with Crippen molar-refractivity contribution in [3.8, 4) is 0 Å². The Labute approximate surface area is 150 Å². The van der Waals surface area contributed by atoms with E-state index in [1.165, 1.54) is 11.1 Å². The molecular formula is C22H26N2O. The summed E-state index contributed by atoms with van der Waals surface area (Å²) in [6.45, 7) is 5.20. The van der Waals surface area contributed by atoms with Gasteiger partial charge in [0.25, 0.3) is 0 Å². The maximum absolute atomic E-state index is 12.5. The van der Waals surface area contributed by atoms with Gasteiger partial charge in [0.05, 0.1) is 0 Å². The van der Waals surface area contributed by atoms with Crippen LogP contribution < -0.4 is 4.90 Å². The average molecular weight is 334 g/mol. The van der Waals surface area contributed by atoms with Crippen LogP contribution in [0.3, 0.4) is 0 Å². The number of para-hydroxylation sites is 1. The van der Waals surface area contributed by atoms with E-state index >= 15 is 0 Å². The van der Waals surface area contributed by atoms with Crippen molar-refractivity contribution in [2.75, 3.05) is 24.5 Å². The molecule has 2 aromatic rings. The third-order valence-electron chi connectivity index (χ3n) is 5.72. The van der Waals surface area contributed by atoms with Crippen molar-refractivity contribution in [3.63, 3.8) is 0 Å². The number of likely N-dealkylation sites (tertiary alicyclic amines) is 1. The van der Waals surface area contributed by atoms with Crippen LogP contribution in [0.4, 0.5) is 5.69 Å². The van der Waals surface area contributed by atoms with Crippen molar-refractivity contribution in [2.45, 2.75) is 38.1 Å². The lowest BCUT2D eigenvalue weighted by atomic mass is 9.89. The summed E-state index contributed by atoms with van der Waals surface area (Å²) in [5.41, 5.74) is 3.91. The molecule has 2 aromatic carbocycles. The van der Waals surface area contributed by atoms with Crippen LogP contribution in [-0.4, -0.2) is 36.5 Å². The molecule has 0 bridgehead atoms. The minimum absolute atomic E-state index is 0.262. The van der Waals surface area contributed by atoms with Crippen LogP contribution in [0.5, 0.6) is 0 Å². The highest BCUT2D eigenvalue weighted by atomic mass is 16.2. The van der Waals surface area contributed by atoms with Crippen molar-refractivity contribution in [2.24, 2.45) is 0 Å². The van der Waals surface area contributed by atoms with Crippen LogP contribution in [0.25, 0.3) is 0 Å². The third-order valence-corrected chi connectivity index (χ3v) is 5.72. The predicted molar refractivity (Wildman–Crippen MR) is 102 cm³/mol. The quantitative estimate of drug-likeness (QED) is 0.848. The van der Waals surface area contributed by atoms with Gasteiger partial charge in [0.1, 0.15) is 0 Å². The summed E-state index contributed by atoms with van der Waals surface area (Å²) in [7, 11) is 0. The standard InChI is InChI=1S/C22H26N2O/c1-2-22(25)24-20-11-7-6-10-18(20)19-16-23(15-13-21(19)24)14-12-17-8-4-3-5-9-17/h3-11,19,21H,2,12-16H2,1H3/t19-,21-/m1/s1. The van der Waals surface area contributed by atoms with Crippen LogP contribution in [0.2, 0.25) is 0 Å². The van der Waals surface area contributed by atoms with Crippen molar-refractivity contribution in [1.29, 1.82) is 0 Å². The number of rotatable bonds is 4. The van der Waals surface area contributed by atoms with E-state index in [1.54, 1.807) is 0 Å². The van der Waals surface area contributed by atoms with Gasteiger partial charge in [-0.05, 0) is 30.0 Å². The van der Waals surface area contributed by atoms with E-state index in [1.807, 2.05) is 6.92 Å². The van der Waals surface area contributed by atoms with Crippen molar-refractivity contribution < 1.29 is 4.79 Å². The Morgan fingerprint density at radius 3 is 2.64 bits per heavy atom. The van der Waals surface area contributed by atoms with Crippen molar-refractivity contribution in [3.05, 3.63) is 65.7 Å². The Kier molecular flexibility index (Phi) is 4.58. The van der Waals surface area contributed by atoms with E-state index in [4.69, 9.17) is 0 Å². The maximum atomic E-state index is 12.5. The van der Waals surface area contributed by atoms with Crippen LogP contribution in [0.1, 0.15) is 36.8 Å². The maximum Gasteiger partial charge on any atom is 0.226 e. The summed E-state index contributed by atoms with van der Waals surface area (Å²) in [5.74, 6) is 0.717. The molecule has 0 radical (unpaired) electrons. The lowest BCUT2D eigenvalue weighted by Gasteiger charge is -2.38. The number of hydrogen-bond acceptors (Lipinski definition) is 2. The van der Waals surface area contributed by atoms with Gasteiger partial charge in [0.15, 0.2) is 0 Å². The molecule has 1 saturated heterocycles. The monoisotopic (exact) mass is 334 g/mol. The first-order valence-corrected chi connectivity index (χ1v) is 9.45. The van der Waals surface area contributed by atoms with Crippen LogP contribution in [0, 0.1) is 0 Å². The molecule has 1 fully saturated rings. The SMILES string of the molecule is CCC(=O)N1c2ccccc2[C@H]2CN(CCc3ccccc3)CC[C@H]21. The van der Waals surface area contributed by atoms with Crippen LogP contribution in [-0.2, 0) is 11.2 Å². The smallest absolute Gasteiger partial charge is 0.226 e. The molecule has 25 heavy (non-hydrogen) atoms. The van der Waals surface area contributed by atoms with Gasteiger partial charge < -0.3 is 9.80 Å². The Morgan fingerprint density at radius 1 is 1.08 bits per heavy atom. The summed E-state index contributed by atoms with van der Waals surface area (Å²) in [6.07, 6.45) is 2.74. The molecule has 0 saturated carbocycles. The highest BCUT2D eigenvalue weighted by Gasteiger charge is 2.43. The van der Waals surface area contributed by atoms with Gasteiger partial charge in [-0.2, -0.15) is 0 Å². The van der Waals surface area contributed by atoms with E-state index in [0.717, 1.165) is 38.2 Å². The van der Waals surface area contributed by atoms with Gasteiger partial charge in [0, 0.05) is 43.7 Å². The number of piperidine rings is 1. The molecule has 4 rings (SSSR count). The minimum atomic E-state index is 0.262. The number of anilines is 1. The van der Waals surface area contributed by atoms with E-state index < -0.39 is 0 Å². The fraction of sp³-hybridized carbons (Fsp3) is 0.409. The molecule has 0 N–H and O–H groups in total. The van der Waals surface area contributed by atoms with E-state index in [0.29, 0.717) is 18.4 Å². The number of carbonyl (C=O) groups excluding carboxylic acids is 1. The molecule has 130 valence electrons. The molecule has 0 aliphatic carbocycles. The zero-order valence-electron chi connectivity index (χ0n) is 14.9. The molecule has 3 nitrogen and oxygen atoms in total. The Bertz CT molecular complexity index is 743. The highest BCUT2D eigenvalue weighted by molar-refractivity contribution is 5.96. The van der Waals surface area contributed by atoms with Gasteiger partial charge in [-0.3, -0.25) is 4.79 Å². The lowest BCUT2D eigenvalue weighted by Crippen LogP contribution is -2.48. The first-order chi connectivity index (χ1) is 12.3. The van der Waals surface area contributed by atoms with Crippen molar-refractivity contribution in [1.82, 2.24) is 4.90 Å². The molecular weight excluding hydrogens is 308 g/mol. The Morgan fingerprint density at radius 2 is 1.84 bits per heavy atom. The summed E-state index contributed by atoms with van der Waals surface area (Å²) in [5, 5.41) is 0. The number of hydrogen-bond donors (Lipinski definition) is 0. The van der Waals surface area contributed by atoms with Crippen LogP contribution in [0.15, 0.2) is 54.6 Å². The van der Waals surface area contributed by atoms with Gasteiger partial charge in [-0.15, -0.1) is 0 Å².